The topological polar surface area (TPSA) is 45.2 Å². The third-order valence-corrected chi connectivity index (χ3v) is 4.66. The van der Waals surface area contributed by atoms with Crippen LogP contribution in [0.3, 0.4) is 0 Å². The van der Waals surface area contributed by atoms with Crippen molar-refractivity contribution in [3.05, 3.63) is 59.5 Å². The predicted molar refractivity (Wildman–Crippen MR) is 97.2 cm³/mol. The fourth-order valence-corrected chi connectivity index (χ4v) is 3.12. The number of carbonyl (C=O) groups excluding carboxylic acids is 1. The Balaban J connectivity index is 1.63. The molecule has 1 aromatic carbocycles. The summed E-state index contributed by atoms with van der Waals surface area (Å²) in [5.41, 5.74) is 1.40. The molecule has 1 aliphatic rings. The molecule has 1 saturated heterocycles. The maximum absolute atomic E-state index is 13.0. The Labute approximate surface area is 148 Å². The summed E-state index contributed by atoms with van der Waals surface area (Å²) in [6.45, 7) is 3.93. The van der Waals surface area contributed by atoms with E-state index in [4.69, 9.17) is 0 Å². The first-order valence-electron chi connectivity index (χ1n) is 8.91. The lowest BCUT2D eigenvalue weighted by molar-refractivity contribution is 0.0939. The molecule has 3 rings (SSSR count). The van der Waals surface area contributed by atoms with E-state index >= 15 is 0 Å². The van der Waals surface area contributed by atoms with Gasteiger partial charge in [-0.05, 0) is 49.6 Å². The molecular formula is C20H24FN3O. The number of anilines is 1. The fraction of sp³-hybridized carbons (Fsp3) is 0.400. The van der Waals surface area contributed by atoms with Crippen LogP contribution in [0, 0.1) is 5.82 Å². The predicted octanol–water partition coefficient (Wildman–Crippen LogP) is 4.09. The van der Waals surface area contributed by atoms with Crippen LogP contribution in [0.2, 0.25) is 0 Å². The molecular weight excluding hydrogens is 317 g/mol. The Bertz CT molecular complexity index is 692. The lowest BCUT2D eigenvalue weighted by Gasteiger charge is -2.21. The van der Waals surface area contributed by atoms with Gasteiger partial charge < -0.3 is 10.2 Å². The number of rotatable bonds is 4. The van der Waals surface area contributed by atoms with Gasteiger partial charge >= 0.3 is 0 Å². The number of benzene rings is 1. The van der Waals surface area contributed by atoms with Crippen molar-refractivity contribution in [2.24, 2.45) is 0 Å². The molecule has 132 valence electrons. The maximum Gasteiger partial charge on any atom is 0.253 e. The van der Waals surface area contributed by atoms with Gasteiger partial charge in [-0.1, -0.05) is 25.0 Å². The quantitative estimate of drug-likeness (QED) is 0.911. The van der Waals surface area contributed by atoms with Crippen LogP contribution in [-0.2, 0) is 0 Å². The highest BCUT2D eigenvalue weighted by Gasteiger charge is 2.14. The summed E-state index contributed by atoms with van der Waals surface area (Å²) in [6.07, 6.45) is 6.57. The smallest absolute Gasteiger partial charge is 0.253 e. The number of aromatic nitrogens is 1. The molecule has 25 heavy (non-hydrogen) atoms. The molecule has 0 spiro atoms. The lowest BCUT2D eigenvalue weighted by Crippen LogP contribution is -2.27. The summed E-state index contributed by atoms with van der Waals surface area (Å²) in [7, 11) is 0. The van der Waals surface area contributed by atoms with E-state index < -0.39 is 0 Å². The molecule has 2 heterocycles. The molecule has 2 aromatic rings. The van der Waals surface area contributed by atoms with Gasteiger partial charge in [-0.2, -0.15) is 0 Å². The molecule has 1 unspecified atom stereocenters. The van der Waals surface area contributed by atoms with Gasteiger partial charge in [0, 0.05) is 19.3 Å². The summed E-state index contributed by atoms with van der Waals surface area (Å²) in [5, 5.41) is 2.93. The second-order valence-electron chi connectivity index (χ2n) is 6.55. The van der Waals surface area contributed by atoms with E-state index in [9.17, 15) is 9.18 Å². The van der Waals surface area contributed by atoms with Gasteiger partial charge in [-0.25, -0.2) is 9.37 Å². The summed E-state index contributed by atoms with van der Waals surface area (Å²) in [6, 6.07) is 9.70. The van der Waals surface area contributed by atoms with Gasteiger partial charge in [-0.15, -0.1) is 0 Å². The van der Waals surface area contributed by atoms with Crippen molar-refractivity contribution in [1.82, 2.24) is 10.3 Å². The Morgan fingerprint density at radius 2 is 1.76 bits per heavy atom. The van der Waals surface area contributed by atoms with Gasteiger partial charge in [0.05, 0.1) is 11.6 Å². The number of halogens is 1. The van der Waals surface area contributed by atoms with Crippen LogP contribution in [-0.4, -0.2) is 24.0 Å². The molecule has 0 saturated carbocycles. The highest BCUT2D eigenvalue weighted by atomic mass is 19.1. The molecule has 1 aliphatic heterocycles. The number of hydrogen-bond donors (Lipinski definition) is 1. The molecule has 5 heteroatoms. The highest BCUT2D eigenvalue weighted by molar-refractivity contribution is 5.94. The number of nitrogens with one attached hydrogen (secondary N) is 1. The maximum atomic E-state index is 13.0. The number of nitrogens with zero attached hydrogens (tertiary/aromatic N) is 2. The van der Waals surface area contributed by atoms with Crippen molar-refractivity contribution in [2.75, 3.05) is 18.0 Å². The molecule has 1 amide bonds. The van der Waals surface area contributed by atoms with Crippen LogP contribution in [0.1, 0.15) is 54.6 Å². The van der Waals surface area contributed by atoms with Crippen LogP contribution in [0.5, 0.6) is 0 Å². The fourth-order valence-electron chi connectivity index (χ4n) is 3.12. The Hall–Kier alpha value is -2.43. The van der Waals surface area contributed by atoms with Gasteiger partial charge in [-0.3, -0.25) is 4.79 Å². The normalized spacial score (nSPS) is 16.2. The van der Waals surface area contributed by atoms with Crippen molar-refractivity contribution in [1.29, 1.82) is 0 Å². The van der Waals surface area contributed by atoms with Crippen LogP contribution in [0.15, 0.2) is 42.6 Å². The highest BCUT2D eigenvalue weighted by Crippen LogP contribution is 2.18. The van der Waals surface area contributed by atoms with Crippen LogP contribution >= 0.6 is 0 Å². The minimum absolute atomic E-state index is 0.174. The minimum Gasteiger partial charge on any atom is -0.357 e. The Morgan fingerprint density at radius 3 is 2.36 bits per heavy atom. The van der Waals surface area contributed by atoms with Gasteiger partial charge in [0.1, 0.15) is 11.6 Å². The first kappa shape index (κ1) is 17.4. The summed E-state index contributed by atoms with van der Waals surface area (Å²) in [4.78, 5) is 19.2. The second kappa shape index (κ2) is 8.10. The molecule has 1 fully saturated rings. The van der Waals surface area contributed by atoms with E-state index in [1.807, 2.05) is 19.1 Å². The molecule has 4 nitrogen and oxygen atoms in total. The Kier molecular flexibility index (Phi) is 5.64. The SMILES string of the molecule is CC(NC(=O)c1ccc(N2CCCCCC2)nc1)c1ccc(F)cc1. The number of hydrogen-bond acceptors (Lipinski definition) is 3. The third kappa shape index (κ3) is 4.56. The zero-order valence-electron chi connectivity index (χ0n) is 14.5. The molecule has 0 bridgehead atoms. The average molecular weight is 341 g/mol. The first-order chi connectivity index (χ1) is 12.1. The van der Waals surface area contributed by atoms with Crippen molar-refractivity contribution in [2.45, 2.75) is 38.6 Å². The number of pyridine rings is 1. The van der Waals surface area contributed by atoms with E-state index in [0.29, 0.717) is 5.56 Å². The summed E-state index contributed by atoms with van der Waals surface area (Å²) < 4.78 is 13.0. The standard InChI is InChI=1S/C20H24FN3O/c1-15(16-6-9-18(21)10-7-16)23-20(25)17-8-11-19(22-14-17)24-12-4-2-3-5-13-24/h6-11,14-15H,2-5,12-13H2,1H3,(H,23,25). The van der Waals surface area contributed by atoms with Crippen molar-refractivity contribution >= 4 is 11.7 Å². The second-order valence-corrected chi connectivity index (χ2v) is 6.55. The zero-order valence-corrected chi connectivity index (χ0v) is 14.5. The van der Waals surface area contributed by atoms with Crippen molar-refractivity contribution in [3.63, 3.8) is 0 Å². The van der Waals surface area contributed by atoms with E-state index in [0.717, 1.165) is 24.5 Å². The average Bonchev–Trinajstić information content (AvgIpc) is 2.92. The van der Waals surface area contributed by atoms with E-state index in [-0.39, 0.29) is 17.8 Å². The molecule has 1 aromatic heterocycles. The zero-order chi connectivity index (χ0) is 17.6. The summed E-state index contributed by atoms with van der Waals surface area (Å²) >= 11 is 0. The van der Waals surface area contributed by atoms with Gasteiger partial charge in [0.2, 0.25) is 0 Å². The van der Waals surface area contributed by atoms with E-state index in [2.05, 4.69) is 15.2 Å². The molecule has 1 N–H and O–H groups in total. The monoisotopic (exact) mass is 341 g/mol. The molecule has 0 radical (unpaired) electrons. The van der Waals surface area contributed by atoms with Crippen LogP contribution < -0.4 is 10.2 Å². The Morgan fingerprint density at radius 1 is 1.08 bits per heavy atom. The molecule has 1 atom stereocenters. The van der Waals surface area contributed by atoms with E-state index in [1.165, 1.54) is 37.8 Å². The number of carbonyl (C=O) groups is 1. The third-order valence-electron chi connectivity index (χ3n) is 4.66. The van der Waals surface area contributed by atoms with Gasteiger partial charge in [0.15, 0.2) is 0 Å². The summed E-state index contributed by atoms with van der Waals surface area (Å²) in [5.74, 6) is 0.479. The van der Waals surface area contributed by atoms with Crippen molar-refractivity contribution < 1.29 is 9.18 Å². The minimum atomic E-state index is -0.282. The lowest BCUT2D eigenvalue weighted by atomic mass is 10.1. The van der Waals surface area contributed by atoms with Gasteiger partial charge in [0.25, 0.3) is 5.91 Å². The van der Waals surface area contributed by atoms with Crippen LogP contribution in [0.25, 0.3) is 0 Å². The largest absolute Gasteiger partial charge is 0.357 e. The first-order valence-corrected chi connectivity index (χ1v) is 8.91. The van der Waals surface area contributed by atoms with Crippen molar-refractivity contribution in [3.8, 4) is 0 Å². The van der Waals surface area contributed by atoms with E-state index in [1.54, 1.807) is 18.3 Å². The van der Waals surface area contributed by atoms with Crippen LogP contribution in [0.4, 0.5) is 10.2 Å². The molecule has 0 aliphatic carbocycles. The number of amides is 1.